The molecule has 0 aliphatic carbocycles. The lowest BCUT2D eigenvalue weighted by molar-refractivity contribution is -0.130. The molecule has 1 aromatic rings. The van der Waals surface area contributed by atoms with E-state index in [0.717, 1.165) is 0 Å². The molecule has 17 heavy (non-hydrogen) atoms. The summed E-state index contributed by atoms with van der Waals surface area (Å²) < 4.78 is 5.44. The lowest BCUT2D eigenvalue weighted by atomic mass is 10.1. The highest BCUT2D eigenvalue weighted by atomic mass is 16.7. The topological polar surface area (TPSA) is 72.3 Å². The molecule has 1 atom stereocenters. The molecule has 0 saturated carbocycles. The van der Waals surface area contributed by atoms with Gasteiger partial charge in [0.2, 0.25) is 0 Å². The van der Waals surface area contributed by atoms with Gasteiger partial charge in [-0.15, -0.1) is 0 Å². The maximum absolute atomic E-state index is 9.78. The molecule has 0 amide bonds. The SMILES string of the molecule is CO/N=C(/c1ccccc1O)C1NOCCO1. The first-order valence-electron chi connectivity index (χ1n) is 5.21. The maximum Gasteiger partial charge on any atom is 0.176 e. The van der Waals surface area contributed by atoms with Crippen LogP contribution >= 0.6 is 0 Å². The molecule has 0 bridgehead atoms. The Morgan fingerprint density at radius 3 is 2.94 bits per heavy atom. The van der Waals surface area contributed by atoms with Crippen molar-refractivity contribution < 1.29 is 19.5 Å². The Bertz CT molecular complexity index is 402. The van der Waals surface area contributed by atoms with E-state index in [9.17, 15) is 5.11 Å². The van der Waals surface area contributed by atoms with Crippen LogP contribution in [0.2, 0.25) is 0 Å². The minimum absolute atomic E-state index is 0.110. The first-order valence-corrected chi connectivity index (χ1v) is 5.21. The maximum atomic E-state index is 9.78. The molecular weight excluding hydrogens is 224 g/mol. The van der Waals surface area contributed by atoms with Crippen LogP contribution in [0.4, 0.5) is 0 Å². The number of rotatable bonds is 3. The highest BCUT2D eigenvalue weighted by Gasteiger charge is 2.24. The summed E-state index contributed by atoms with van der Waals surface area (Å²) in [4.78, 5) is 9.85. The molecule has 1 unspecified atom stereocenters. The van der Waals surface area contributed by atoms with Crippen molar-refractivity contribution in [2.45, 2.75) is 6.23 Å². The molecular formula is C11H14N2O4. The van der Waals surface area contributed by atoms with Gasteiger partial charge in [-0.3, -0.25) is 4.84 Å². The van der Waals surface area contributed by atoms with E-state index in [1.165, 1.54) is 7.11 Å². The number of nitrogens with one attached hydrogen (secondary N) is 1. The van der Waals surface area contributed by atoms with Gasteiger partial charge in [0.15, 0.2) is 6.23 Å². The zero-order valence-corrected chi connectivity index (χ0v) is 9.42. The zero-order valence-electron chi connectivity index (χ0n) is 9.42. The standard InChI is InChI=1S/C11H14N2O4/c1-15-12-10(11-13-17-7-6-16-11)8-4-2-3-5-9(8)14/h2-5,11,13-14H,6-7H2,1H3/b12-10-. The Balaban J connectivity index is 2.29. The Hall–Kier alpha value is -1.63. The second-order valence-corrected chi connectivity index (χ2v) is 3.39. The van der Waals surface area contributed by atoms with E-state index in [0.29, 0.717) is 24.5 Å². The number of hydrogen-bond donors (Lipinski definition) is 2. The molecule has 2 rings (SSSR count). The van der Waals surface area contributed by atoms with Gasteiger partial charge >= 0.3 is 0 Å². The normalized spacial score (nSPS) is 21.2. The number of ether oxygens (including phenoxy) is 1. The molecule has 2 N–H and O–H groups in total. The molecule has 1 aromatic carbocycles. The lowest BCUT2D eigenvalue weighted by Gasteiger charge is -2.24. The number of aromatic hydroxyl groups is 1. The van der Waals surface area contributed by atoms with Crippen molar-refractivity contribution in [1.29, 1.82) is 0 Å². The van der Waals surface area contributed by atoms with E-state index in [1.54, 1.807) is 24.3 Å². The number of benzene rings is 1. The van der Waals surface area contributed by atoms with Gasteiger partial charge in [-0.2, -0.15) is 5.48 Å². The Morgan fingerprint density at radius 1 is 1.47 bits per heavy atom. The first-order chi connectivity index (χ1) is 8.33. The van der Waals surface area contributed by atoms with E-state index < -0.39 is 6.23 Å². The minimum atomic E-state index is -0.558. The molecule has 1 heterocycles. The summed E-state index contributed by atoms with van der Waals surface area (Å²) in [6.45, 7) is 0.922. The van der Waals surface area contributed by atoms with Crippen molar-refractivity contribution >= 4 is 5.71 Å². The Kier molecular flexibility index (Phi) is 3.92. The van der Waals surface area contributed by atoms with Crippen LogP contribution in [0.3, 0.4) is 0 Å². The van der Waals surface area contributed by atoms with Crippen LogP contribution in [0.15, 0.2) is 29.4 Å². The van der Waals surface area contributed by atoms with Crippen LogP contribution in [0.5, 0.6) is 5.75 Å². The van der Waals surface area contributed by atoms with Crippen LogP contribution in [0, 0.1) is 0 Å². The lowest BCUT2D eigenvalue weighted by Crippen LogP contribution is -2.45. The fourth-order valence-electron chi connectivity index (χ4n) is 1.54. The van der Waals surface area contributed by atoms with E-state index in [1.807, 2.05) is 0 Å². The fraction of sp³-hybridized carbons (Fsp3) is 0.364. The third-order valence-corrected chi connectivity index (χ3v) is 2.28. The van der Waals surface area contributed by atoms with Gasteiger partial charge in [0.1, 0.15) is 18.6 Å². The smallest absolute Gasteiger partial charge is 0.176 e. The van der Waals surface area contributed by atoms with Gasteiger partial charge in [0.05, 0.1) is 13.2 Å². The molecule has 0 spiro atoms. The molecule has 6 heteroatoms. The fourth-order valence-corrected chi connectivity index (χ4v) is 1.54. The zero-order chi connectivity index (χ0) is 12.1. The summed E-state index contributed by atoms with van der Waals surface area (Å²) in [5.41, 5.74) is 3.66. The Morgan fingerprint density at radius 2 is 2.29 bits per heavy atom. The van der Waals surface area contributed by atoms with Gasteiger partial charge in [-0.25, -0.2) is 0 Å². The number of oxime groups is 1. The van der Waals surface area contributed by atoms with Gasteiger partial charge in [-0.1, -0.05) is 17.3 Å². The largest absolute Gasteiger partial charge is 0.507 e. The predicted octanol–water partition coefficient (Wildman–Crippen LogP) is 0.620. The minimum Gasteiger partial charge on any atom is -0.507 e. The quantitative estimate of drug-likeness (QED) is 0.596. The molecule has 1 fully saturated rings. The number of phenolic OH excluding ortho intramolecular Hbond substituents is 1. The number of hydrogen-bond acceptors (Lipinski definition) is 6. The van der Waals surface area contributed by atoms with Crippen LogP contribution in [0.25, 0.3) is 0 Å². The number of hydroxylamine groups is 1. The van der Waals surface area contributed by atoms with Crippen molar-refractivity contribution in [3.8, 4) is 5.75 Å². The number of para-hydroxylation sites is 1. The van der Waals surface area contributed by atoms with Gasteiger partial charge < -0.3 is 14.7 Å². The first kappa shape index (κ1) is 11.8. The molecule has 1 saturated heterocycles. The van der Waals surface area contributed by atoms with Crippen LogP contribution in [0.1, 0.15) is 5.56 Å². The van der Waals surface area contributed by atoms with Crippen LogP contribution in [-0.2, 0) is 14.4 Å². The van der Waals surface area contributed by atoms with E-state index >= 15 is 0 Å². The average Bonchev–Trinajstić information content (AvgIpc) is 2.38. The number of nitrogens with zero attached hydrogens (tertiary/aromatic N) is 1. The van der Waals surface area contributed by atoms with Crippen molar-refractivity contribution in [2.75, 3.05) is 20.3 Å². The van der Waals surface area contributed by atoms with E-state index in [2.05, 4.69) is 10.6 Å². The molecule has 1 aliphatic heterocycles. The summed E-state index contributed by atoms with van der Waals surface area (Å²) in [6, 6.07) is 6.83. The number of phenols is 1. The summed E-state index contributed by atoms with van der Waals surface area (Å²) in [5.74, 6) is 0.110. The third kappa shape index (κ3) is 2.73. The second-order valence-electron chi connectivity index (χ2n) is 3.39. The van der Waals surface area contributed by atoms with Gasteiger partial charge in [-0.05, 0) is 12.1 Å². The Labute approximate surface area is 98.7 Å². The highest BCUT2D eigenvalue weighted by molar-refractivity contribution is 6.05. The summed E-state index contributed by atoms with van der Waals surface area (Å²) >= 11 is 0. The predicted molar refractivity (Wildman–Crippen MR) is 60.5 cm³/mol. The molecule has 1 aliphatic rings. The molecule has 0 radical (unpaired) electrons. The van der Waals surface area contributed by atoms with Crippen LogP contribution < -0.4 is 5.48 Å². The van der Waals surface area contributed by atoms with Crippen molar-refractivity contribution in [2.24, 2.45) is 5.16 Å². The van der Waals surface area contributed by atoms with Gasteiger partial charge in [0, 0.05) is 5.56 Å². The van der Waals surface area contributed by atoms with E-state index in [4.69, 9.17) is 14.4 Å². The molecule has 6 nitrogen and oxygen atoms in total. The third-order valence-electron chi connectivity index (χ3n) is 2.28. The van der Waals surface area contributed by atoms with Gasteiger partial charge in [0.25, 0.3) is 0 Å². The molecule has 92 valence electrons. The summed E-state index contributed by atoms with van der Waals surface area (Å²) in [6.07, 6.45) is -0.558. The summed E-state index contributed by atoms with van der Waals surface area (Å²) in [5, 5.41) is 13.6. The van der Waals surface area contributed by atoms with Crippen LogP contribution in [-0.4, -0.2) is 37.4 Å². The monoisotopic (exact) mass is 238 g/mol. The second kappa shape index (κ2) is 5.62. The molecule has 0 aromatic heterocycles. The van der Waals surface area contributed by atoms with Crippen molar-refractivity contribution in [3.63, 3.8) is 0 Å². The van der Waals surface area contributed by atoms with E-state index in [-0.39, 0.29) is 5.75 Å². The summed E-state index contributed by atoms with van der Waals surface area (Å²) in [7, 11) is 1.43. The average molecular weight is 238 g/mol. The van der Waals surface area contributed by atoms with Crippen molar-refractivity contribution in [3.05, 3.63) is 29.8 Å². The van der Waals surface area contributed by atoms with Crippen molar-refractivity contribution in [1.82, 2.24) is 5.48 Å². The highest BCUT2D eigenvalue weighted by Crippen LogP contribution is 2.19.